The third-order valence-corrected chi connectivity index (χ3v) is 1.95. The van der Waals surface area contributed by atoms with Gasteiger partial charge < -0.3 is 5.11 Å². The molecule has 0 fully saturated rings. The first-order chi connectivity index (χ1) is 8.29. The van der Waals surface area contributed by atoms with Gasteiger partial charge in [0.2, 0.25) is 0 Å². The van der Waals surface area contributed by atoms with Crippen molar-refractivity contribution in [1.29, 1.82) is 0 Å². The second-order valence-electron chi connectivity index (χ2n) is 2.16. The SMILES string of the molecule is [2H]c1c([2H])c([2H])c2c([2H])c(Br)c(O)c([2H])c2c1[2H]. The number of rotatable bonds is 0. The van der Waals surface area contributed by atoms with E-state index in [9.17, 15) is 5.11 Å². The van der Waals surface area contributed by atoms with Crippen LogP contribution in [0.25, 0.3) is 10.8 Å². The Balaban J connectivity index is 3.22. The lowest BCUT2D eigenvalue weighted by atomic mass is 10.1. The fourth-order valence-electron chi connectivity index (χ4n) is 0.842. The second-order valence-corrected chi connectivity index (χ2v) is 2.96. The molecule has 12 heavy (non-hydrogen) atoms. The van der Waals surface area contributed by atoms with Gasteiger partial charge in [0.25, 0.3) is 0 Å². The molecule has 2 heteroatoms. The Morgan fingerprint density at radius 2 is 1.75 bits per heavy atom. The van der Waals surface area contributed by atoms with Crippen LogP contribution in [0, 0.1) is 0 Å². The number of phenols is 1. The van der Waals surface area contributed by atoms with Crippen LogP contribution in [-0.4, -0.2) is 5.11 Å². The van der Waals surface area contributed by atoms with Gasteiger partial charge in [-0.15, -0.1) is 0 Å². The van der Waals surface area contributed by atoms with Gasteiger partial charge in [0, 0.05) is 0 Å². The molecule has 0 aliphatic rings. The van der Waals surface area contributed by atoms with Gasteiger partial charge >= 0.3 is 0 Å². The maximum absolute atomic E-state index is 9.65. The van der Waals surface area contributed by atoms with Crippen LogP contribution in [0.1, 0.15) is 8.22 Å². The van der Waals surface area contributed by atoms with Crippen molar-refractivity contribution in [3.63, 3.8) is 0 Å². The molecule has 1 nitrogen and oxygen atoms in total. The Morgan fingerprint density at radius 1 is 1.17 bits per heavy atom. The summed E-state index contributed by atoms with van der Waals surface area (Å²) in [6.07, 6.45) is 0. The van der Waals surface area contributed by atoms with Crippen molar-refractivity contribution in [3.8, 4) is 5.75 Å². The summed E-state index contributed by atoms with van der Waals surface area (Å²) in [4.78, 5) is 0. The monoisotopic (exact) mass is 228 g/mol. The van der Waals surface area contributed by atoms with Gasteiger partial charge in [-0.1, -0.05) is 24.2 Å². The fourth-order valence-corrected chi connectivity index (χ4v) is 1.14. The van der Waals surface area contributed by atoms with E-state index >= 15 is 0 Å². The van der Waals surface area contributed by atoms with E-state index < -0.39 is 29.9 Å². The zero-order chi connectivity index (χ0) is 13.8. The highest BCUT2D eigenvalue weighted by Crippen LogP contribution is 2.28. The number of benzene rings is 2. The summed E-state index contributed by atoms with van der Waals surface area (Å²) in [5.74, 6) is -0.502. The van der Waals surface area contributed by atoms with Gasteiger partial charge in [-0.05, 0) is 38.8 Å². The molecule has 0 amide bonds. The molecule has 0 aromatic heterocycles. The van der Waals surface area contributed by atoms with Crippen LogP contribution in [-0.2, 0) is 0 Å². The molecule has 2 rings (SSSR count). The number of hydrogen-bond acceptors (Lipinski definition) is 1. The zero-order valence-corrected chi connectivity index (χ0v) is 7.41. The molecule has 0 saturated heterocycles. The highest BCUT2D eigenvalue weighted by molar-refractivity contribution is 9.10. The average molecular weight is 229 g/mol. The van der Waals surface area contributed by atoms with Gasteiger partial charge in [0.05, 0.1) is 12.7 Å². The first-order valence-corrected chi connectivity index (χ1v) is 3.96. The summed E-state index contributed by atoms with van der Waals surface area (Å²) in [5, 5.41) is 9.43. The Hall–Kier alpha value is -1.02. The molecule has 0 saturated carbocycles. The quantitative estimate of drug-likeness (QED) is 0.734. The van der Waals surface area contributed by atoms with Gasteiger partial charge in [0.1, 0.15) is 5.75 Å². The minimum atomic E-state index is -0.502. The first kappa shape index (κ1) is 3.38. The third kappa shape index (κ3) is 1.18. The molecule has 0 atom stereocenters. The predicted octanol–water partition coefficient (Wildman–Crippen LogP) is 3.31. The normalized spacial score (nSPS) is 17.4. The van der Waals surface area contributed by atoms with Crippen LogP contribution in [0.4, 0.5) is 0 Å². The minimum absolute atomic E-state index is 0.0509. The maximum atomic E-state index is 9.65. The number of halogens is 1. The highest BCUT2D eigenvalue weighted by Gasteiger charge is 1.98. The van der Waals surface area contributed by atoms with Gasteiger partial charge in [-0.25, -0.2) is 0 Å². The lowest BCUT2D eigenvalue weighted by Crippen LogP contribution is -1.73. The summed E-state index contributed by atoms with van der Waals surface area (Å²) in [6.45, 7) is 0. The largest absolute Gasteiger partial charge is 0.507 e. The summed E-state index contributed by atoms with van der Waals surface area (Å²) < 4.78 is 46.0. The van der Waals surface area contributed by atoms with Crippen molar-refractivity contribution in [2.75, 3.05) is 0 Å². The van der Waals surface area contributed by atoms with Crippen LogP contribution >= 0.6 is 15.9 Å². The zero-order valence-electron chi connectivity index (χ0n) is 11.8. The summed E-state index contributed by atoms with van der Waals surface area (Å²) in [6, 6.07) is -2.43. The van der Waals surface area contributed by atoms with E-state index in [0.717, 1.165) is 0 Å². The van der Waals surface area contributed by atoms with E-state index in [4.69, 9.17) is 8.22 Å². The average Bonchev–Trinajstić information content (AvgIpc) is 2.35. The van der Waals surface area contributed by atoms with Gasteiger partial charge in [-0.2, -0.15) is 0 Å². The molecule has 1 N–H and O–H groups in total. The Bertz CT molecular complexity index is 571. The molecule has 2 aromatic carbocycles. The van der Waals surface area contributed by atoms with Crippen LogP contribution in [0.15, 0.2) is 40.7 Å². The van der Waals surface area contributed by atoms with E-state index in [2.05, 4.69) is 15.9 Å². The van der Waals surface area contributed by atoms with Crippen LogP contribution in [0.2, 0.25) is 0 Å². The van der Waals surface area contributed by atoms with Gasteiger partial charge in [-0.3, -0.25) is 0 Å². The lowest BCUT2D eigenvalue weighted by Gasteiger charge is -2.00. The van der Waals surface area contributed by atoms with Crippen molar-refractivity contribution in [3.05, 3.63) is 40.7 Å². The van der Waals surface area contributed by atoms with E-state index in [1.165, 1.54) is 0 Å². The molecule has 0 aliphatic carbocycles. The predicted molar refractivity (Wildman–Crippen MR) is 53.3 cm³/mol. The maximum Gasteiger partial charge on any atom is 0.130 e. The fraction of sp³-hybridized carbons (Fsp3) is 0. The molecule has 0 heterocycles. The van der Waals surface area contributed by atoms with Crippen LogP contribution in [0.3, 0.4) is 0 Å². The van der Waals surface area contributed by atoms with Gasteiger partial charge in [0.15, 0.2) is 0 Å². The van der Waals surface area contributed by atoms with Crippen molar-refractivity contribution in [2.45, 2.75) is 0 Å². The molecule has 0 aliphatic heterocycles. The number of hydrogen-bond donors (Lipinski definition) is 1. The van der Waals surface area contributed by atoms with Crippen molar-refractivity contribution in [1.82, 2.24) is 0 Å². The van der Waals surface area contributed by atoms with E-state index in [1.54, 1.807) is 0 Å². The van der Waals surface area contributed by atoms with Crippen molar-refractivity contribution in [2.24, 2.45) is 0 Å². The lowest BCUT2D eigenvalue weighted by molar-refractivity contribution is 0.473. The minimum Gasteiger partial charge on any atom is -0.507 e. The molecule has 0 bridgehead atoms. The number of aromatic hydroxyl groups is 1. The molecule has 0 radical (unpaired) electrons. The Morgan fingerprint density at radius 3 is 2.42 bits per heavy atom. The first-order valence-electron chi connectivity index (χ1n) is 6.16. The topological polar surface area (TPSA) is 20.2 Å². The van der Waals surface area contributed by atoms with Crippen LogP contribution < -0.4 is 0 Å². The van der Waals surface area contributed by atoms with E-state index in [1.807, 2.05) is 0 Å². The smallest absolute Gasteiger partial charge is 0.130 e. The molecule has 0 unspecified atom stereocenters. The van der Waals surface area contributed by atoms with Crippen LogP contribution in [0.5, 0.6) is 5.75 Å². The van der Waals surface area contributed by atoms with Crippen molar-refractivity contribution >= 4 is 26.7 Å². The summed E-state index contributed by atoms with van der Waals surface area (Å²) in [7, 11) is 0. The Kier molecular flexibility index (Phi) is 0.787. The summed E-state index contributed by atoms with van der Waals surface area (Å²) >= 11 is 2.94. The number of fused-ring (bicyclic) bond motifs is 1. The molecule has 0 spiro atoms. The molecule has 2 aromatic rings. The molecule has 60 valence electrons. The highest BCUT2D eigenvalue weighted by atomic mass is 79.9. The third-order valence-electron chi connectivity index (χ3n) is 1.37. The van der Waals surface area contributed by atoms with Crippen molar-refractivity contribution < 1.29 is 13.3 Å². The second kappa shape index (κ2) is 2.79. The summed E-state index contributed by atoms with van der Waals surface area (Å²) in [5.41, 5.74) is 0. The Labute approximate surface area is 87.2 Å². The number of phenolic OH excluding ortho intramolecular Hbond substituents is 1. The standard InChI is InChI=1S/C10H7BrO/c11-9-5-7-3-1-2-4-8(7)6-10(9)12/h1-6,12H/i1D,2D,3D,4D,5D,6D. The molecular weight excluding hydrogens is 216 g/mol. The molecular formula is C10H7BrO. The van der Waals surface area contributed by atoms with E-state index in [0.29, 0.717) is 0 Å². The van der Waals surface area contributed by atoms with E-state index in [-0.39, 0.29) is 27.3 Å².